The summed E-state index contributed by atoms with van der Waals surface area (Å²) in [5.41, 5.74) is 6.67. The van der Waals surface area contributed by atoms with Gasteiger partial charge in [0.05, 0.1) is 0 Å². The second-order valence-corrected chi connectivity index (χ2v) is 4.20. The number of benzene rings is 1. The number of nitrogen functional groups attached to an aromatic ring is 1. The summed E-state index contributed by atoms with van der Waals surface area (Å²) in [5.74, 6) is -0.155. The molecule has 0 aromatic heterocycles. The van der Waals surface area contributed by atoms with Crippen molar-refractivity contribution in [2.45, 2.75) is 20.3 Å². The molecule has 0 unspecified atom stereocenters. The van der Waals surface area contributed by atoms with Gasteiger partial charge < -0.3 is 16.0 Å². The Morgan fingerprint density at radius 2 is 1.95 bits per heavy atom. The van der Waals surface area contributed by atoms with Crippen LogP contribution in [0.2, 0.25) is 0 Å². The quantitative estimate of drug-likeness (QED) is 0.759. The Morgan fingerprint density at radius 1 is 1.26 bits per heavy atom. The molecule has 0 aliphatic rings. The molecule has 104 valence electrons. The summed E-state index contributed by atoms with van der Waals surface area (Å²) >= 11 is 0. The maximum atomic E-state index is 11.8. The SMILES string of the molecule is CCN(CC)C(=O)CCNC(=O)c1cccc(N)c1. The van der Waals surface area contributed by atoms with Crippen molar-refractivity contribution in [3.8, 4) is 0 Å². The van der Waals surface area contributed by atoms with E-state index in [4.69, 9.17) is 5.73 Å². The number of carbonyl (C=O) groups excluding carboxylic acids is 2. The summed E-state index contributed by atoms with van der Waals surface area (Å²) in [4.78, 5) is 25.3. The van der Waals surface area contributed by atoms with E-state index in [1.807, 2.05) is 13.8 Å². The number of carbonyl (C=O) groups is 2. The average molecular weight is 263 g/mol. The number of amides is 2. The highest BCUT2D eigenvalue weighted by Crippen LogP contribution is 2.06. The molecule has 0 saturated carbocycles. The number of rotatable bonds is 6. The summed E-state index contributed by atoms with van der Waals surface area (Å²) in [5, 5.41) is 2.72. The van der Waals surface area contributed by atoms with Gasteiger partial charge in [-0.05, 0) is 32.0 Å². The minimum Gasteiger partial charge on any atom is -0.399 e. The van der Waals surface area contributed by atoms with Crippen molar-refractivity contribution in [2.75, 3.05) is 25.4 Å². The fraction of sp³-hybridized carbons (Fsp3) is 0.429. The van der Waals surface area contributed by atoms with Gasteiger partial charge in [-0.3, -0.25) is 9.59 Å². The standard InChI is InChI=1S/C14H21N3O2/c1-3-17(4-2)13(18)8-9-16-14(19)11-6-5-7-12(15)10-11/h5-7,10H,3-4,8-9,15H2,1-2H3,(H,16,19). The topological polar surface area (TPSA) is 75.4 Å². The molecule has 0 spiro atoms. The van der Waals surface area contributed by atoms with Crippen LogP contribution in [0.4, 0.5) is 5.69 Å². The molecule has 1 aromatic carbocycles. The molecule has 1 aromatic rings. The van der Waals surface area contributed by atoms with E-state index in [9.17, 15) is 9.59 Å². The van der Waals surface area contributed by atoms with E-state index < -0.39 is 0 Å². The first kappa shape index (κ1) is 15.0. The normalized spacial score (nSPS) is 10.0. The fourth-order valence-corrected chi connectivity index (χ4v) is 1.80. The van der Waals surface area contributed by atoms with Crippen LogP contribution in [0.3, 0.4) is 0 Å². The number of hydrogen-bond acceptors (Lipinski definition) is 3. The first-order valence-electron chi connectivity index (χ1n) is 6.50. The van der Waals surface area contributed by atoms with Crippen LogP contribution in [-0.2, 0) is 4.79 Å². The number of anilines is 1. The Hall–Kier alpha value is -2.04. The molecular weight excluding hydrogens is 242 g/mol. The molecule has 0 atom stereocenters. The lowest BCUT2D eigenvalue weighted by atomic mass is 10.2. The van der Waals surface area contributed by atoms with Crippen molar-refractivity contribution < 1.29 is 9.59 Å². The number of nitrogens with two attached hydrogens (primary N) is 1. The van der Waals surface area contributed by atoms with Crippen molar-refractivity contribution in [1.82, 2.24) is 10.2 Å². The smallest absolute Gasteiger partial charge is 0.251 e. The third-order valence-corrected chi connectivity index (χ3v) is 2.89. The van der Waals surface area contributed by atoms with E-state index in [1.54, 1.807) is 29.2 Å². The zero-order valence-corrected chi connectivity index (χ0v) is 11.5. The summed E-state index contributed by atoms with van der Waals surface area (Å²) in [6.07, 6.45) is 0.315. The van der Waals surface area contributed by atoms with E-state index >= 15 is 0 Å². The van der Waals surface area contributed by atoms with Gasteiger partial charge in [0.15, 0.2) is 0 Å². The zero-order valence-electron chi connectivity index (χ0n) is 11.5. The van der Waals surface area contributed by atoms with Gasteiger partial charge in [-0.1, -0.05) is 6.07 Å². The maximum Gasteiger partial charge on any atom is 0.251 e. The largest absolute Gasteiger partial charge is 0.399 e. The minimum absolute atomic E-state index is 0.0536. The highest BCUT2D eigenvalue weighted by Gasteiger charge is 2.10. The Morgan fingerprint density at radius 3 is 2.53 bits per heavy atom. The van der Waals surface area contributed by atoms with Crippen LogP contribution in [0.5, 0.6) is 0 Å². The summed E-state index contributed by atoms with van der Waals surface area (Å²) in [6, 6.07) is 6.76. The second kappa shape index (κ2) is 7.41. The molecule has 2 amide bonds. The number of nitrogens with zero attached hydrogens (tertiary/aromatic N) is 1. The summed E-state index contributed by atoms with van der Waals surface area (Å²) in [6.45, 7) is 5.60. The minimum atomic E-state index is -0.209. The van der Waals surface area contributed by atoms with E-state index in [1.165, 1.54) is 0 Å². The first-order valence-corrected chi connectivity index (χ1v) is 6.50. The van der Waals surface area contributed by atoms with Gasteiger partial charge in [0, 0.05) is 37.3 Å². The molecule has 3 N–H and O–H groups in total. The predicted molar refractivity (Wildman–Crippen MR) is 75.7 cm³/mol. The van der Waals surface area contributed by atoms with Crippen molar-refractivity contribution in [3.63, 3.8) is 0 Å². The van der Waals surface area contributed by atoms with E-state index in [-0.39, 0.29) is 11.8 Å². The van der Waals surface area contributed by atoms with Crippen LogP contribution >= 0.6 is 0 Å². The monoisotopic (exact) mass is 263 g/mol. The van der Waals surface area contributed by atoms with Crippen molar-refractivity contribution in [3.05, 3.63) is 29.8 Å². The lowest BCUT2D eigenvalue weighted by Crippen LogP contribution is -2.34. The van der Waals surface area contributed by atoms with Crippen molar-refractivity contribution in [1.29, 1.82) is 0 Å². The average Bonchev–Trinajstić information content (AvgIpc) is 2.40. The van der Waals surface area contributed by atoms with E-state index in [0.717, 1.165) is 0 Å². The van der Waals surface area contributed by atoms with Gasteiger partial charge >= 0.3 is 0 Å². The fourth-order valence-electron chi connectivity index (χ4n) is 1.80. The highest BCUT2D eigenvalue weighted by molar-refractivity contribution is 5.95. The first-order chi connectivity index (χ1) is 9.08. The van der Waals surface area contributed by atoms with Crippen LogP contribution in [0.1, 0.15) is 30.6 Å². The Kier molecular flexibility index (Phi) is 5.85. The third kappa shape index (κ3) is 4.62. The Labute approximate surface area is 113 Å². The summed E-state index contributed by atoms with van der Waals surface area (Å²) < 4.78 is 0. The molecule has 5 nitrogen and oxygen atoms in total. The Bertz CT molecular complexity index is 442. The lowest BCUT2D eigenvalue weighted by molar-refractivity contribution is -0.130. The van der Waals surface area contributed by atoms with Gasteiger partial charge in [0.1, 0.15) is 0 Å². The molecule has 0 heterocycles. The molecule has 0 bridgehead atoms. The summed E-state index contributed by atoms with van der Waals surface area (Å²) in [7, 11) is 0. The van der Waals surface area contributed by atoms with Gasteiger partial charge in [-0.2, -0.15) is 0 Å². The van der Waals surface area contributed by atoms with Crippen LogP contribution < -0.4 is 11.1 Å². The van der Waals surface area contributed by atoms with Crippen LogP contribution in [0, 0.1) is 0 Å². The molecule has 1 rings (SSSR count). The third-order valence-electron chi connectivity index (χ3n) is 2.89. The molecule has 5 heteroatoms. The number of hydrogen-bond donors (Lipinski definition) is 2. The zero-order chi connectivity index (χ0) is 14.3. The van der Waals surface area contributed by atoms with Crippen LogP contribution in [0.15, 0.2) is 24.3 Å². The van der Waals surface area contributed by atoms with Gasteiger partial charge in [0.2, 0.25) is 5.91 Å². The van der Waals surface area contributed by atoms with Crippen LogP contribution in [-0.4, -0.2) is 36.3 Å². The number of nitrogens with one attached hydrogen (secondary N) is 1. The molecule has 19 heavy (non-hydrogen) atoms. The predicted octanol–water partition coefficient (Wildman–Crippen LogP) is 1.26. The molecule has 0 radical (unpaired) electrons. The molecular formula is C14H21N3O2. The van der Waals surface area contributed by atoms with Crippen molar-refractivity contribution in [2.24, 2.45) is 0 Å². The van der Waals surface area contributed by atoms with E-state index in [2.05, 4.69) is 5.32 Å². The molecule has 0 saturated heterocycles. The highest BCUT2D eigenvalue weighted by atomic mass is 16.2. The maximum absolute atomic E-state index is 11.8. The van der Waals surface area contributed by atoms with Gasteiger partial charge in [-0.25, -0.2) is 0 Å². The van der Waals surface area contributed by atoms with Crippen LogP contribution in [0.25, 0.3) is 0 Å². The molecule has 0 aliphatic carbocycles. The van der Waals surface area contributed by atoms with Gasteiger partial charge in [-0.15, -0.1) is 0 Å². The lowest BCUT2D eigenvalue weighted by Gasteiger charge is -2.18. The Balaban J connectivity index is 2.41. The molecule has 0 fully saturated rings. The molecule has 0 aliphatic heterocycles. The van der Waals surface area contributed by atoms with Gasteiger partial charge in [0.25, 0.3) is 5.91 Å². The van der Waals surface area contributed by atoms with E-state index in [0.29, 0.717) is 37.3 Å². The second-order valence-electron chi connectivity index (χ2n) is 4.20. The van der Waals surface area contributed by atoms with Crippen molar-refractivity contribution >= 4 is 17.5 Å².